The molecule has 11 aromatic rings. The number of aryl methyl sites for hydroxylation is 2. The Morgan fingerprint density at radius 2 is 0.828 bits per heavy atom. The van der Waals surface area contributed by atoms with Gasteiger partial charge >= 0.3 is 0 Å². The molecule has 0 atom stereocenters. The number of fused-ring (bicyclic) bond motifs is 3. The minimum Gasteiger partial charge on any atom is -0.310 e. The quantitative estimate of drug-likeness (QED) is 0.145. The Morgan fingerprint density at radius 1 is 0.344 bits per heavy atom. The van der Waals surface area contributed by atoms with Gasteiger partial charge in [-0.15, -0.1) is 0 Å². The van der Waals surface area contributed by atoms with Gasteiger partial charge in [-0.1, -0.05) is 164 Å². The third-order valence-corrected chi connectivity index (χ3v) is 12.2. The van der Waals surface area contributed by atoms with Gasteiger partial charge in [-0.05, 0) is 114 Å². The second-order valence-electron chi connectivity index (χ2n) is 16.4. The summed E-state index contributed by atoms with van der Waals surface area (Å²) in [5, 5.41) is 2.44. The van der Waals surface area contributed by atoms with Crippen LogP contribution >= 0.6 is 0 Å². The molecule has 304 valence electrons. The molecule has 2 aromatic heterocycles. The Balaban J connectivity index is 0.895. The molecule has 0 aliphatic heterocycles. The molecule has 4 heteroatoms. The second-order valence-corrected chi connectivity index (χ2v) is 16.4. The maximum Gasteiger partial charge on any atom is 0.160 e. The summed E-state index contributed by atoms with van der Waals surface area (Å²) in [5.74, 6) is 0.724. The lowest BCUT2D eigenvalue weighted by atomic mass is 9.92. The number of hydrogen-bond donors (Lipinski definition) is 0. The maximum absolute atomic E-state index is 5.14. The predicted octanol–water partition coefficient (Wildman–Crippen LogP) is 16.0. The molecular formula is C60H44N4. The molecule has 0 unspecified atom stereocenters. The first kappa shape index (κ1) is 38.6. The van der Waals surface area contributed by atoms with E-state index in [1.165, 1.54) is 55.2 Å². The predicted molar refractivity (Wildman–Crippen MR) is 268 cm³/mol. The lowest BCUT2D eigenvalue weighted by molar-refractivity contribution is 1.17. The number of aromatic nitrogens is 3. The Bertz CT molecular complexity index is 3290. The van der Waals surface area contributed by atoms with Gasteiger partial charge in [0.15, 0.2) is 5.82 Å². The van der Waals surface area contributed by atoms with E-state index in [0.29, 0.717) is 0 Å². The summed E-state index contributed by atoms with van der Waals surface area (Å²) in [4.78, 5) is 12.5. The maximum atomic E-state index is 5.14. The van der Waals surface area contributed by atoms with Crippen molar-refractivity contribution >= 4 is 38.9 Å². The van der Waals surface area contributed by atoms with Crippen LogP contribution in [0.25, 0.3) is 83.6 Å². The van der Waals surface area contributed by atoms with Crippen LogP contribution in [0.4, 0.5) is 17.1 Å². The molecule has 0 aliphatic rings. The minimum atomic E-state index is 0.724. The Labute approximate surface area is 374 Å². The smallest absolute Gasteiger partial charge is 0.160 e. The van der Waals surface area contributed by atoms with Gasteiger partial charge in [0.25, 0.3) is 0 Å². The van der Waals surface area contributed by atoms with Crippen LogP contribution in [-0.2, 0) is 0 Å². The van der Waals surface area contributed by atoms with Crippen molar-refractivity contribution in [1.82, 2.24) is 14.5 Å². The van der Waals surface area contributed by atoms with Crippen molar-refractivity contribution in [3.8, 4) is 61.8 Å². The number of hydrogen-bond acceptors (Lipinski definition) is 3. The molecule has 0 saturated heterocycles. The highest BCUT2D eigenvalue weighted by Gasteiger charge is 2.18. The van der Waals surface area contributed by atoms with E-state index in [-0.39, 0.29) is 0 Å². The zero-order valence-corrected chi connectivity index (χ0v) is 35.7. The number of nitrogens with zero attached hydrogens (tertiary/aromatic N) is 4. The van der Waals surface area contributed by atoms with Gasteiger partial charge in [0.1, 0.15) is 0 Å². The molecule has 0 spiro atoms. The average molecular weight is 821 g/mol. The highest BCUT2D eigenvalue weighted by atomic mass is 15.1. The van der Waals surface area contributed by atoms with E-state index in [1.807, 2.05) is 24.3 Å². The summed E-state index contributed by atoms with van der Waals surface area (Å²) in [6.07, 6.45) is 0. The van der Waals surface area contributed by atoms with Crippen molar-refractivity contribution in [1.29, 1.82) is 0 Å². The lowest BCUT2D eigenvalue weighted by Gasteiger charge is -2.25. The summed E-state index contributed by atoms with van der Waals surface area (Å²) >= 11 is 0. The van der Waals surface area contributed by atoms with Crippen molar-refractivity contribution in [2.75, 3.05) is 4.90 Å². The van der Waals surface area contributed by atoms with Crippen LogP contribution in [0.2, 0.25) is 0 Å². The van der Waals surface area contributed by atoms with E-state index in [9.17, 15) is 0 Å². The standard InChI is InChI=1S/C60H44N4/c1-41-37-48(38-42(2)59(41)56-40-55(46-17-7-3-8-18-46)61-60(62-56)47-19-9-4-10-20-47)45-29-27-43(28-30-45)44-31-33-51(34-32-44)64-57-26-16-15-25-53(57)54-39-52(35-36-58(54)64)63(49-21-11-5-12-22-49)50-23-13-6-14-24-50/h3-40H,1-2H3. The third kappa shape index (κ3) is 7.21. The third-order valence-electron chi connectivity index (χ3n) is 12.2. The van der Waals surface area contributed by atoms with Crippen LogP contribution in [0.5, 0.6) is 0 Å². The fourth-order valence-corrected chi connectivity index (χ4v) is 9.22. The molecule has 0 fully saturated rings. The van der Waals surface area contributed by atoms with Crippen molar-refractivity contribution in [2.45, 2.75) is 13.8 Å². The molecule has 11 rings (SSSR count). The molecule has 0 N–H and O–H groups in total. The SMILES string of the molecule is Cc1cc(-c2ccc(-c3ccc(-n4c5ccccc5c5cc(N(c6ccccc6)c6ccccc6)ccc54)cc3)cc2)cc(C)c1-c1cc(-c2ccccc2)nc(-c2ccccc2)n1. The summed E-state index contributed by atoms with van der Waals surface area (Å²) in [7, 11) is 0. The van der Waals surface area contributed by atoms with Gasteiger partial charge in [-0.2, -0.15) is 0 Å². The Morgan fingerprint density at radius 3 is 1.44 bits per heavy atom. The molecule has 0 amide bonds. The van der Waals surface area contributed by atoms with Crippen LogP contribution in [0.1, 0.15) is 11.1 Å². The van der Waals surface area contributed by atoms with Crippen LogP contribution < -0.4 is 4.90 Å². The highest BCUT2D eigenvalue weighted by Crippen LogP contribution is 2.40. The van der Waals surface area contributed by atoms with Crippen molar-refractivity contribution < 1.29 is 0 Å². The summed E-state index contributed by atoms with van der Waals surface area (Å²) in [5.41, 5.74) is 19.0. The van der Waals surface area contributed by atoms with Crippen molar-refractivity contribution in [3.05, 3.63) is 242 Å². The van der Waals surface area contributed by atoms with Gasteiger partial charge in [0.05, 0.1) is 22.4 Å². The van der Waals surface area contributed by atoms with Gasteiger partial charge in [-0.25, -0.2) is 9.97 Å². The first-order valence-electron chi connectivity index (χ1n) is 21.8. The first-order valence-corrected chi connectivity index (χ1v) is 21.8. The van der Waals surface area contributed by atoms with Crippen LogP contribution in [0.15, 0.2) is 231 Å². The highest BCUT2D eigenvalue weighted by molar-refractivity contribution is 6.10. The lowest BCUT2D eigenvalue weighted by Crippen LogP contribution is -2.09. The van der Waals surface area contributed by atoms with Crippen LogP contribution in [-0.4, -0.2) is 14.5 Å². The minimum absolute atomic E-state index is 0.724. The van der Waals surface area contributed by atoms with Gasteiger partial charge in [0, 0.05) is 50.2 Å². The number of para-hydroxylation sites is 3. The van der Waals surface area contributed by atoms with Crippen molar-refractivity contribution in [2.24, 2.45) is 0 Å². The molecule has 0 saturated carbocycles. The molecule has 0 aliphatic carbocycles. The number of rotatable bonds is 9. The number of anilines is 3. The van der Waals surface area contributed by atoms with E-state index in [4.69, 9.17) is 9.97 Å². The average Bonchev–Trinajstić information content (AvgIpc) is 3.69. The van der Waals surface area contributed by atoms with Gasteiger partial charge in [-0.3, -0.25) is 0 Å². The zero-order chi connectivity index (χ0) is 43.0. The Hall–Kier alpha value is -8.34. The van der Waals surface area contributed by atoms with Crippen LogP contribution in [0, 0.1) is 13.8 Å². The first-order chi connectivity index (χ1) is 31.6. The Kier molecular flexibility index (Phi) is 9.95. The summed E-state index contributed by atoms with van der Waals surface area (Å²) < 4.78 is 2.39. The largest absolute Gasteiger partial charge is 0.310 e. The normalized spacial score (nSPS) is 11.3. The summed E-state index contributed by atoms with van der Waals surface area (Å²) in [6, 6.07) is 82.0. The molecule has 4 nitrogen and oxygen atoms in total. The van der Waals surface area contributed by atoms with E-state index in [1.54, 1.807) is 0 Å². The van der Waals surface area contributed by atoms with Gasteiger partial charge < -0.3 is 9.47 Å². The molecule has 0 bridgehead atoms. The van der Waals surface area contributed by atoms with E-state index in [0.717, 1.165) is 56.7 Å². The molecule has 2 heterocycles. The summed E-state index contributed by atoms with van der Waals surface area (Å²) in [6.45, 7) is 4.38. The monoisotopic (exact) mass is 820 g/mol. The molecular weight excluding hydrogens is 777 g/mol. The van der Waals surface area contributed by atoms with E-state index >= 15 is 0 Å². The fourth-order valence-electron chi connectivity index (χ4n) is 9.22. The topological polar surface area (TPSA) is 34.0 Å². The van der Waals surface area contributed by atoms with Crippen LogP contribution in [0.3, 0.4) is 0 Å². The molecule has 9 aromatic carbocycles. The fraction of sp³-hybridized carbons (Fsp3) is 0.0333. The number of benzene rings is 9. The molecule has 0 radical (unpaired) electrons. The van der Waals surface area contributed by atoms with E-state index < -0.39 is 0 Å². The van der Waals surface area contributed by atoms with E-state index in [2.05, 4.69) is 230 Å². The van der Waals surface area contributed by atoms with Crippen molar-refractivity contribution in [3.63, 3.8) is 0 Å². The second kappa shape index (κ2) is 16.5. The zero-order valence-electron chi connectivity index (χ0n) is 35.7. The molecule has 64 heavy (non-hydrogen) atoms. The van der Waals surface area contributed by atoms with Gasteiger partial charge in [0.2, 0.25) is 0 Å².